The third-order valence-electron chi connectivity index (χ3n) is 4.05. The molecule has 0 radical (unpaired) electrons. The molecule has 1 aliphatic rings. The van der Waals surface area contributed by atoms with E-state index in [0.29, 0.717) is 12.2 Å². The molecule has 1 fully saturated rings. The van der Waals surface area contributed by atoms with E-state index in [0.717, 1.165) is 36.7 Å². The molecule has 1 aliphatic heterocycles. The van der Waals surface area contributed by atoms with Crippen LogP contribution in [0.4, 0.5) is 5.82 Å². The van der Waals surface area contributed by atoms with Gasteiger partial charge in [0.1, 0.15) is 17.3 Å². The van der Waals surface area contributed by atoms with E-state index >= 15 is 0 Å². The molecule has 126 valence electrons. The lowest BCUT2D eigenvalue weighted by atomic mass is 10.2. The van der Waals surface area contributed by atoms with Gasteiger partial charge in [-0.3, -0.25) is 9.78 Å². The van der Waals surface area contributed by atoms with Crippen LogP contribution in [0, 0.1) is 0 Å². The van der Waals surface area contributed by atoms with Crippen LogP contribution in [0.2, 0.25) is 0 Å². The van der Waals surface area contributed by atoms with Crippen molar-refractivity contribution in [2.75, 3.05) is 26.0 Å². The molecule has 2 aromatic heterocycles. The van der Waals surface area contributed by atoms with E-state index in [1.165, 1.54) is 0 Å². The highest BCUT2D eigenvalue weighted by Gasteiger charge is 2.21. The van der Waals surface area contributed by atoms with Crippen molar-refractivity contribution in [3.63, 3.8) is 0 Å². The summed E-state index contributed by atoms with van der Waals surface area (Å²) < 4.78 is 0. The van der Waals surface area contributed by atoms with Crippen LogP contribution in [0.25, 0.3) is 0 Å². The van der Waals surface area contributed by atoms with E-state index in [9.17, 15) is 4.79 Å². The molecule has 0 spiro atoms. The number of pyridine rings is 1. The summed E-state index contributed by atoms with van der Waals surface area (Å²) in [5, 5.41) is 6.48. The lowest BCUT2D eigenvalue weighted by Crippen LogP contribution is -2.28. The summed E-state index contributed by atoms with van der Waals surface area (Å²) in [6.07, 6.45) is 3.79. The summed E-state index contributed by atoms with van der Waals surface area (Å²) in [5.41, 5.74) is 1.24. The van der Waals surface area contributed by atoms with E-state index in [2.05, 4.69) is 25.6 Å². The number of anilines is 1. The summed E-state index contributed by atoms with van der Waals surface area (Å²) >= 11 is 0. The van der Waals surface area contributed by atoms with Crippen molar-refractivity contribution in [1.82, 2.24) is 25.2 Å². The zero-order valence-electron chi connectivity index (χ0n) is 14.0. The molecular weight excluding hydrogens is 304 g/mol. The molecule has 3 rings (SSSR count). The van der Waals surface area contributed by atoms with E-state index in [1.807, 2.05) is 19.2 Å². The number of hydrogen-bond acceptors (Lipinski definition) is 6. The van der Waals surface area contributed by atoms with Crippen LogP contribution in [0.5, 0.6) is 0 Å². The number of rotatable bonds is 5. The van der Waals surface area contributed by atoms with Crippen LogP contribution >= 0.6 is 0 Å². The largest absolute Gasteiger partial charge is 0.373 e. The summed E-state index contributed by atoms with van der Waals surface area (Å²) in [4.78, 5) is 27.4. The molecule has 1 amide bonds. The summed E-state index contributed by atoms with van der Waals surface area (Å²) in [6.45, 7) is 1.40. The second-order valence-electron chi connectivity index (χ2n) is 5.88. The van der Waals surface area contributed by atoms with E-state index in [4.69, 9.17) is 0 Å². The van der Waals surface area contributed by atoms with Gasteiger partial charge < -0.3 is 15.5 Å². The van der Waals surface area contributed by atoms with Crippen LogP contribution in [-0.4, -0.2) is 46.4 Å². The van der Waals surface area contributed by atoms with Crippen molar-refractivity contribution in [3.8, 4) is 0 Å². The van der Waals surface area contributed by atoms with Crippen LogP contribution in [0.1, 0.15) is 40.9 Å². The van der Waals surface area contributed by atoms with Gasteiger partial charge >= 0.3 is 0 Å². The number of carbonyl (C=O) groups is 1. The van der Waals surface area contributed by atoms with Crippen molar-refractivity contribution < 1.29 is 4.79 Å². The smallest absolute Gasteiger partial charge is 0.272 e. The topological polar surface area (TPSA) is 83.0 Å². The zero-order valence-corrected chi connectivity index (χ0v) is 14.0. The van der Waals surface area contributed by atoms with Crippen molar-refractivity contribution >= 4 is 11.7 Å². The highest BCUT2D eigenvalue weighted by atomic mass is 16.2. The minimum atomic E-state index is -0.124. The van der Waals surface area contributed by atoms with E-state index in [1.54, 1.807) is 30.3 Å². The van der Waals surface area contributed by atoms with Gasteiger partial charge in [0, 0.05) is 26.4 Å². The molecule has 2 aromatic rings. The minimum absolute atomic E-state index is 0.124. The maximum absolute atomic E-state index is 12.4. The highest BCUT2D eigenvalue weighted by Crippen LogP contribution is 2.22. The predicted octanol–water partition coefficient (Wildman–Crippen LogP) is 1.61. The molecule has 2 N–H and O–H groups in total. The third-order valence-corrected chi connectivity index (χ3v) is 4.05. The molecule has 1 atom stereocenters. The molecule has 0 aromatic carbocycles. The number of hydrogen-bond donors (Lipinski definition) is 2. The van der Waals surface area contributed by atoms with Crippen LogP contribution in [-0.2, 0) is 6.54 Å². The molecule has 0 bridgehead atoms. The zero-order chi connectivity index (χ0) is 16.9. The van der Waals surface area contributed by atoms with Crippen molar-refractivity contribution in [1.29, 1.82) is 0 Å². The van der Waals surface area contributed by atoms with E-state index in [-0.39, 0.29) is 11.9 Å². The summed E-state index contributed by atoms with van der Waals surface area (Å²) in [5.74, 6) is 1.43. The Balaban J connectivity index is 1.78. The van der Waals surface area contributed by atoms with Crippen LogP contribution < -0.4 is 10.6 Å². The Hall–Kier alpha value is -2.54. The molecule has 3 heterocycles. The second kappa shape index (κ2) is 7.35. The first-order chi connectivity index (χ1) is 11.7. The van der Waals surface area contributed by atoms with Gasteiger partial charge in [-0.05, 0) is 31.5 Å². The number of nitrogens with zero attached hydrogens (tertiary/aromatic N) is 4. The van der Waals surface area contributed by atoms with Crippen molar-refractivity contribution in [2.45, 2.75) is 25.4 Å². The van der Waals surface area contributed by atoms with Crippen molar-refractivity contribution in [3.05, 3.63) is 47.7 Å². The molecular formula is C17H22N6O. The molecule has 1 unspecified atom stereocenters. The molecule has 0 saturated carbocycles. The maximum atomic E-state index is 12.4. The van der Waals surface area contributed by atoms with Gasteiger partial charge in [-0.2, -0.15) is 0 Å². The fourth-order valence-corrected chi connectivity index (χ4v) is 2.79. The van der Waals surface area contributed by atoms with Gasteiger partial charge in [-0.15, -0.1) is 0 Å². The Morgan fingerprint density at radius 2 is 2.29 bits per heavy atom. The van der Waals surface area contributed by atoms with Gasteiger partial charge in [0.05, 0.1) is 18.3 Å². The van der Waals surface area contributed by atoms with E-state index < -0.39 is 0 Å². The first-order valence-electron chi connectivity index (χ1n) is 8.13. The average Bonchev–Trinajstić information content (AvgIpc) is 3.16. The fourth-order valence-electron chi connectivity index (χ4n) is 2.79. The van der Waals surface area contributed by atoms with Gasteiger partial charge in [-0.1, -0.05) is 6.07 Å². The SMILES string of the molecule is CNc1cc(CN(C)C(=O)c2ccccn2)nc(C2CCCN2)n1. The van der Waals surface area contributed by atoms with Crippen LogP contribution in [0.15, 0.2) is 30.5 Å². The van der Waals surface area contributed by atoms with Gasteiger partial charge in [-0.25, -0.2) is 9.97 Å². The standard InChI is InChI=1S/C17H22N6O/c1-18-15-10-12(21-16(22-15)13-7-5-9-19-13)11-23(2)17(24)14-6-3-4-8-20-14/h3-4,6,8,10,13,19H,5,7,9,11H2,1-2H3,(H,18,21,22). The minimum Gasteiger partial charge on any atom is -0.373 e. The van der Waals surface area contributed by atoms with Gasteiger partial charge in [0.15, 0.2) is 0 Å². The lowest BCUT2D eigenvalue weighted by Gasteiger charge is -2.18. The Labute approximate surface area is 141 Å². The average molecular weight is 326 g/mol. The van der Waals surface area contributed by atoms with Gasteiger partial charge in [0.25, 0.3) is 5.91 Å². The quantitative estimate of drug-likeness (QED) is 0.868. The third kappa shape index (κ3) is 3.68. The Bertz CT molecular complexity index is 699. The van der Waals surface area contributed by atoms with Gasteiger partial charge in [0.2, 0.25) is 0 Å². The highest BCUT2D eigenvalue weighted by molar-refractivity contribution is 5.91. The molecule has 0 aliphatic carbocycles. The Morgan fingerprint density at radius 1 is 1.42 bits per heavy atom. The maximum Gasteiger partial charge on any atom is 0.272 e. The first-order valence-corrected chi connectivity index (χ1v) is 8.13. The number of amides is 1. The fraction of sp³-hybridized carbons (Fsp3) is 0.412. The molecule has 7 heteroatoms. The number of aromatic nitrogens is 3. The Morgan fingerprint density at radius 3 is 2.96 bits per heavy atom. The van der Waals surface area contributed by atoms with Crippen molar-refractivity contribution in [2.24, 2.45) is 0 Å². The first kappa shape index (κ1) is 16.3. The second-order valence-corrected chi connectivity index (χ2v) is 5.88. The summed E-state index contributed by atoms with van der Waals surface area (Å²) in [6, 6.07) is 7.38. The molecule has 1 saturated heterocycles. The molecule has 7 nitrogen and oxygen atoms in total. The number of carbonyl (C=O) groups excluding carboxylic acids is 1. The normalized spacial score (nSPS) is 16.8. The number of nitrogens with one attached hydrogen (secondary N) is 2. The molecule has 24 heavy (non-hydrogen) atoms. The Kier molecular flexibility index (Phi) is 5.00. The van der Waals surface area contributed by atoms with Crippen LogP contribution in [0.3, 0.4) is 0 Å². The predicted molar refractivity (Wildman–Crippen MR) is 91.6 cm³/mol. The lowest BCUT2D eigenvalue weighted by molar-refractivity contribution is 0.0777. The monoisotopic (exact) mass is 326 g/mol. The summed E-state index contributed by atoms with van der Waals surface area (Å²) in [7, 11) is 3.59.